The van der Waals surface area contributed by atoms with Crippen LogP contribution in [0.15, 0.2) is 36.4 Å². The maximum absolute atomic E-state index is 13.1. The summed E-state index contributed by atoms with van der Waals surface area (Å²) in [4.78, 5) is 39.0. The van der Waals surface area contributed by atoms with Crippen molar-refractivity contribution in [2.24, 2.45) is 23.7 Å². The summed E-state index contributed by atoms with van der Waals surface area (Å²) in [7, 11) is 0. The molecule has 1 heterocycles. The van der Waals surface area contributed by atoms with Crippen molar-refractivity contribution < 1.29 is 18.8 Å². The molecule has 2 bridgehead atoms. The van der Waals surface area contributed by atoms with Crippen LogP contribution in [0.1, 0.15) is 24.8 Å². The van der Waals surface area contributed by atoms with E-state index in [-0.39, 0.29) is 53.8 Å². The fourth-order valence-electron chi connectivity index (χ4n) is 4.95. The van der Waals surface area contributed by atoms with Gasteiger partial charge in [0.05, 0.1) is 17.4 Å². The maximum atomic E-state index is 13.1. The van der Waals surface area contributed by atoms with Gasteiger partial charge in [-0.1, -0.05) is 24.3 Å². The number of allylic oxidation sites excluding steroid dienone is 2. The lowest BCUT2D eigenvalue weighted by molar-refractivity contribution is -0.144. The second-order valence-corrected chi connectivity index (χ2v) is 7.90. The van der Waals surface area contributed by atoms with Gasteiger partial charge in [0.25, 0.3) is 0 Å². The molecule has 5 rings (SSSR count). The molecule has 1 aromatic rings. The number of likely N-dealkylation sites (tertiary alicyclic amines) is 1. The molecule has 3 amide bonds. The molecule has 3 fully saturated rings. The molecule has 4 aliphatic rings. The molecule has 0 unspecified atom stereocenters. The molecule has 4 atom stereocenters. The van der Waals surface area contributed by atoms with Crippen LogP contribution in [-0.4, -0.2) is 29.2 Å². The Morgan fingerprint density at radius 3 is 2.19 bits per heavy atom. The number of carbonyl (C=O) groups excluding carboxylic acids is 3. The Morgan fingerprint density at radius 1 is 1.08 bits per heavy atom. The van der Waals surface area contributed by atoms with E-state index in [1.54, 1.807) is 12.1 Å². The zero-order valence-corrected chi connectivity index (χ0v) is 14.2. The Balaban J connectivity index is 1.29. The van der Waals surface area contributed by atoms with E-state index in [1.807, 2.05) is 12.2 Å². The Hall–Kier alpha value is -2.50. The van der Waals surface area contributed by atoms with Gasteiger partial charge in [0.1, 0.15) is 12.4 Å². The number of imide groups is 1. The minimum absolute atomic E-state index is 0.142. The first-order valence-corrected chi connectivity index (χ1v) is 9.09. The minimum atomic E-state index is -0.493. The SMILES string of the molecule is O=C(CN1C(=O)[C@@H]2[C@@H](C1=O)[C@H]1C=C[C@H]2C1)NC1(c2ccc(F)cc2)CC1. The average molecular weight is 354 g/mol. The molecule has 1 N–H and O–H groups in total. The number of benzene rings is 1. The summed E-state index contributed by atoms with van der Waals surface area (Å²) in [5.74, 6) is -1.36. The van der Waals surface area contributed by atoms with Gasteiger partial charge < -0.3 is 5.32 Å². The monoisotopic (exact) mass is 354 g/mol. The first-order chi connectivity index (χ1) is 12.5. The Labute approximate surface area is 150 Å². The summed E-state index contributed by atoms with van der Waals surface area (Å²) < 4.78 is 13.1. The molecule has 134 valence electrons. The smallest absolute Gasteiger partial charge is 0.240 e. The fraction of sp³-hybridized carbons (Fsp3) is 0.450. The summed E-state index contributed by atoms with van der Waals surface area (Å²) in [5, 5.41) is 2.95. The first-order valence-electron chi connectivity index (χ1n) is 9.09. The summed E-state index contributed by atoms with van der Waals surface area (Å²) in [5.41, 5.74) is 0.359. The maximum Gasteiger partial charge on any atom is 0.240 e. The van der Waals surface area contributed by atoms with Crippen LogP contribution in [-0.2, 0) is 19.9 Å². The lowest BCUT2D eigenvalue weighted by Crippen LogP contribution is -2.45. The summed E-state index contributed by atoms with van der Waals surface area (Å²) in [6, 6.07) is 6.09. The lowest BCUT2D eigenvalue weighted by Gasteiger charge is -2.21. The Kier molecular flexibility index (Phi) is 3.18. The highest BCUT2D eigenvalue weighted by molar-refractivity contribution is 6.08. The van der Waals surface area contributed by atoms with E-state index < -0.39 is 5.54 Å². The first kappa shape index (κ1) is 15.7. The van der Waals surface area contributed by atoms with E-state index in [9.17, 15) is 18.8 Å². The van der Waals surface area contributed by atoms with E-state index >= 15 is 0 Å². The largest absolute Gasteiger partial charge is 0.345 e. The molecule has 26 heavy (non-hydrogen) atoms. The molecular weight excluding hydrogens is 335 g/mol. The van der Waals surface area contributed by atoms with E-state index in [2.05, 4.69) is 5.32 Å². The van der Waals surface area contributed by atoms with Gasteiger partial charge in [0.2, 0.25) is 17.7 Å². The predicted octanol–water partition coefficient (Wildman–Crippen LogP) is 1.74. The van der Waals surface area contributed by atoms with Gasteiger partial charge in [-0.3, -0.25) is 19.3 Å². The van der Waals surface area contributed by atoms with Gasteiger partial charge in [-0.2, -0.15) is 0 Å². The summed E-state index contributed by atoms with van der Waals surface area (Å²) in [6.45, 7) is -0.229. The number of nitrogens with zero attached hydrogens (tertiary/aromatic N) is 1. The second-order valence-electron chi connectivity index (χ2n) is 7.90. The molecular formula is C20H19FN2O3. The average Bonchev–Trinajstić information content (AvgIpc) is 3.00. The molecule has 1 aliphatic heterocycles. The van der Waals surface area contributed by atoms with Gasteiger partial charge in [-0.05, 0) is 48.8 Å². The van der Waals surface area contributed by atoms with Crippen LogP contribution >= 0.6 is 0 Å². The van der Waals surface area contributed by atoms with Gasteiger partial charge in [0.15, 0.2) is 0 Å². The number of hydrogen-bond donors (Lipinski definition) is 1. The van der Waals surface area contributed by atoms with Crippen LogP contribution in [0.5, 0.6) is 0 Å². The van der Waals surface area contributed by atoms with Gasteiger partial charge in [-0.25, -0.2) is 4.39 Å². The zero-order valence-electron chi connectivity index (χ0n) is 14.2. The fourth-order valence-corrected chi connectivity index (χ4v) is 4.95. The second kappa shape index (κ2) is 5.25. The number of rotatable bonds is 4. The van der Waals surface area contributed by atoms with Crippen molar-refractivity contribution in [1.29, 1.82) is 0 Å². The third-order valence-electron chi connectivity index (χ3n) is 6.39. The van der Waals surface area contributed by atoms with Crippen molar-refractivity contribution in [2.45, 2.75) is 24.8 Å². The Bertz CT molecular complexity index is 813. The van der Waals surface area contributed by atoms with Crippen LogP contribution in [0.2, 0.25) is 0 Å². The highest BCUT2D eigenvalue weighted by atomic mass is 19.1. The minimum Gasteiger partial charge on any atom is -0.345 e. The molecule has 1 saturated heterocycles. The van der Waals surface area contributed by atoms with Crippen LogP contribution in [0.4, 0.5) is 4.39 Å². The molecule has 3 aliphatic carbocycles. The molecule has 1 aromatic carbocycles. The van der Waals surface area contributed by atoms with Crippen molar-refractivity contribution >= 4 is 17.7 Å². The molecule has 0 spiro atoms. The third-order valence-corrected chi connectivity index (χ3v) is 6.39. The Morgan fingerprint density at radius 2 is 1.65 bits per heavy atom. The number of hydrogen-bond acceptors (Lipinski definition) is 3. The van der Waals surface area contributed by atoms with Gasteiger partial charge >= 0.3 is 0 Å². The topological polar surface area (TPSA) is 66.5 Å². The van der Waals surface area contributed by atoms with Gasteiger partial charge in [0, 0.05) is 0 Å². The zero-order chi connectivity index (χ0) is 18.1. The van der Waals surface area contributed by atoms with Crippen molar-refractivity contribution in [2.75, 3.05) is 6.54 Å². The van der Waals surface area contributed by atoms with Crippen LogP contribution < -0.4 is 5.32 Å². The van der Waals surface area contributed by atoms with Gasteiger partial charge in [-0.15, -0.1) is 0 Å². The number of amides is 3. The molecule has 0 aromatic heterocycles. The van der Waals surface area contributed by atoms with Crippen LogP contribution in [0, 0.1) is 29.5 Å². The number of fused-ring (bicyclic) bond motifs is 5. The van der Waals surface area contributed by atoms with Crippen molar-refractivity contribution in [3.05, 3.63) is 47.8 Å². The van der Waals surface area contributed by atoms with Crippen molar-refractivity contribution in [3.63, 3.8) is 0 Å². The molecule has 0 radical (unpaired) electrons. The third kappa shape index (κ3) is 2.17. The van der Waals surface area contributed by atoms with Crippen LogP contribution in [0.25, 0.3) is 0 Å². The van der Waals surface area contributed by atoms with E-state index in [0.29, 0.717) is 0 Å². The van der Waals surface area contributed by atoms with E-state index in [1.165, 1.54) is 12.1 Å². The highest BCUT2D eigenvalue weighted by Gasteiger charge is 2.59. The number of nitrogens with one attached hydrogen (secondary N) is 1. The quantitative estimate of drug-likeness (QED) is 0.662. The van der Waals surface area contributed by atoms with Crippen molar-refractivity contribution in [1.82, 2.24) is 10.2 Å². The van der Waals surface area contributed by atoms with E-state index in [0.717, 1.165) is 29.7 Å². The molecule has 2 saturated carbocycles. The number of carbonyl (C=O) groups is 3. The van der Waals surface area contributed by atoms with Crippen molar-refractivity contribution in [3.8, 4) is 0 Å². The highest BCUT2D eigenvalue weighted by Crippen LogP contribution is 2.52. The van der Waals surface area contributed by atoms with Crippen LogP contribution in [0.3, 0.4) is 0 Å². The molecule has 5 nitrogen and oxygen atoms in total. The summed E-state index contributed by atoms with van der Waals surface area (Å²) in [6.07, 6.45) is 6.49. The predicted molar refractivity (Wildman–Crippen MR) is 89.9 cm³/mol. The molecule has 6 heteroatoms. The summed E-state index contributed by atoms with van der Waals surface area (Å²) >= 11 is 0. The normalized spacial score (nSPS) is 32.9. The lowest BCUT2D eigenvalue weighted by atomic mass is 9.85. The standard InChI is InChI=1S/C20H19FN2O3/c21-14-5-3-13(4-6-14)20(7-8-20)22-15(24)10-23-18(25)16-11-1-2-12(9-11)17(16)19(23)26/h1-6,11-12,16-17H,7-10H2,(H,22,24)/t11-,12-,16-,17-/m0/s1. The number of halogens is 1. The van der Waals surface area contributed by atoms with E-state index in [4.69, 9.17) is 0 Å².